The smallest absolute Gasteiger partial charge is 0.261 e. The van der Waals surface area contributed by atoms with Crippen LogP contribution in [0, 0.1) is 0 Å². The summed E-state index contributed by atoms with van der Waals surface area (Å²) in [6.45, 7) is 0. The molecular formula is C8H6BrNOS2. The van der Waals surface area contributed by atoms with Crippen LogP contribution >= 0.6 is 38.6 Å². The summed E-state index contributed by atoms with van der Waals surface area (Å²) < 4.78 is 2.26. The predicted octanol–water partition coefficient (Wildman–Crippen LogP) is 3.08. The van der Waals surface area contributed by atoms with Crippen LogP contribution in [0.5, 0.6) is 0 Å². The first-order valence-electron chi connectivity index (χ1n) is 3.61. The molecule has 2 aromatic heterocycles. The standard InChI is InChI=1S/C8H6BrNOS2/c1-10-8(11)5-2-4-3-12-7(9)6(4)13-5/h2-3H,1H3,(H,10,11). The van der Waals surface area contributed by atoms with Crippen molar-refractivity contribution in [1.82, 2.24) is 5.32 Å². The van der Waals surface area contributed by atoms with E-state index in [1.165, 1.54) is 11.3 Å². The molecule has 13 heavy (non-hydrogen) atoms. The molecule has 0 bridgehead atoms. The minimum Gasteiger partial charge on any atom is -0.354 e. The first-order chi connectivity index (χ1) is 6.22. The van der Waals surface area contributed by atoms with Crippen molar-refractivity contribution < 1.29 is 4.79 Å². The Balaban J connectivity index is 2.56. The van der Waals surface area contributed by atoms with Gasteiger partial charge in [-0.25, -0.2) is 0 Å². The van der Waals surface area contributed by atoms with Crippen molar-refractivity contribution in [2.45, 2.75) is 0 Å². The van der Waals surface area contributed by atoms with Gasteiger partial charge in [0.2, 0.25) is 0 Å². The van der Waals surface area contributed by atoms with Crippen LogP contribution in [0.4, 0.5) is 0 Å². The largest absolute Gasteiger partial charge is 0.354 e. The van der Waals surface area contributed by atoms with Gasteiger partial charge in [0.25, 0.3) is 5.91 Å². The molecule has 0 radical (unpaired) electrons. The number of hydrogen-bond donors (Lipinski definition) is 1. The highest BCUT2D eigenvalue weighted by molar-refractivity contribution is 9.11. The summed E-state index contributed by atoms with van der Waals surface area (Å²) in [5.41, 5.74) is 0. The van der Waals surface area contributed by atoms with Crippen LogP contribution in [0.1, 0.15) is 9.67 Å². The highest BCUT2D eigenvalue weighted by atomic mass is 79.9. The number of hydrogen-bond acceptors (Lipinski definition) is 3. The molecule has 68 valence electrons. The number of amides is 1. The van der Waals surface area contributed by atoms with Gasteiger partial charge in [0.1, 0.15) is 0 Å². The van der Waals surface area contributed by atoms with Gasteiger partial charge in [-0.2, -0.15) is 0 Å². The summed E-state index contributed by atoms with van der Waals surface area (Å²) >= 11 is 6.61. The van der Waals surface area contributed by atoms with E-state index in [4.69, 9.17) is 0 Å². The van der Waals surface area contributed by atoms with E-state index in [2.05, 4.69) is 21.2 Å². The lowest BCUT2D eigenvalue weighted by Crippen LogP contribution is -2.15. The lowest BCUT2D eigenvalue weighted by molar-refractivity contribution is 0.0967. The zero-order chi connectivity index (χ0) is 9.42. The van der Waals surface area contributed by atoms with Crippen molar-refractivity contribution in [3.8, 4) is 0 Å². The monoisotopic (exact) mass is 275 g/mol. The summed E-state index contributed by atoms with van der Waals surface area (Å²) in [5.74, 6) is -0.0156. The first kappa shape index (κ1) is 9.18. The second-order valence-electron chi connectivity index (χ2n) is 2.48. The fraction of sp³-hybridized carbons (Fsp3) is 0.125. The fourth-order valence-electron chi connectivity index (χ4n) is 1.05. The van der Waals surface area contributed by atoms with E-state index in [1.54, 1.807) is 18.4 Å². The highest BCUT2D eigenvalue weighted by Gasteiger charge is 2.11. The Morgan fingerprint density at radius 1 is 1.62 bits per heavy atom. The Morgan fingerprint density at radius 2 is 2.38 bits per heavy atom. The maximum Gasteiger partial charge on any atom is 0.261 e. The Hall–Kier alpha value is -0.390. The second-order valence-corrected chi connectivity index (χ2v) is 5.73. The van der Waals surface area contributed by atoms with Crippen molar-refractivity contribution >= 4 is 54.6 Å². The molecule has 1 amide bonds. The molecular weight excluding hydrogens is 270 g/mol. The van der Waals surface area contributed by atoms with Crippen molar-refractivity contribution in [2.75, 3.05) is 7.05 Å². The SMILES string of the molecule is CNC(=O)c1cc2csc(Br)c2s1. The lowest BCUT2D eigenvalue weighted by atomic mass is 10.3. The topological polar surface area (TPSA) is 29.1 Å². The van der Waals surface area contributed by atoms with E-state index in [0.717, 1.165) is 18.7 Å². The molecule has 0 aliphatic rings. The zero-order valence-corrected chi connectivity index (χ0v) is 9.98. The molecule has 5 heteroatoms. The van der Waals surface area contributed by atoms with Crippen LogP contribution in [0.15, 0.2) is 15.2 Å². The maximum atomic E-state index is 11.3. The molecule has 2 rings (SSSR count). The van der Waals surface area contributed by atoms with E-state index in [-0.39, 0.29) is 5.91 Å². The number of halogens is 1. The Morgan fingerprint density at radius 3 is 3.00 bits per heavy atom. The van der Waals surface area contributed by atoms with Gasteiger partial charge in [-0.05, 0) is 22.0 Å². The average molecular weight is 276 g/mol. The Bertz CT molecular complexity index is 460. The highest BCUT2D eigenvalue weighted by Crippen LogP contribution is 2.36. The number of rotatable bonds is 1. The minimum absolute atomic E-state index is 0.0156. The summed E-state index contributed by atoms with van der Waals surface area (Å²) in [6, 6.07) is 1.92. The molecule has 2 nitrogen and oxygen atoms in total. The number of fused-ring (bicyclic) bond motifs is 1. The first-order valence-corrected chi connectivity index (χ1v) is 6.10. The Labute approximate surface area is 91.7 Å². The van der Waals surface area contributed by atoms with Gasteiger partial charge in [0.15, 0.2) is 0 Å². The molecule has 0 unspecified atom stereocenters. The van der Waals surface area contributed by atoms with Gasteiger partial charge in [-0.3, -0.25) is 4.79 Å². The molecule has 0 saturated heterocycles. The fourth-order valence-corrected chi connectivity index (χ4v) is 3.70. The summed E-state index contributed by atoms with van der Waals surface area (Å²) in [6.07, 6.45) is 0. The quantitative estimate of drug-likeness (QED) is 0.852. The van der Waals surface area contributed by atoms with Gasteiger partial charge in [-0.1, -0.05) is 0 Å². The van der Waals surface area contributed by atoms with Crippen LogP contribution < -0.4 is 5.32 Å². The third-order valence-electron chi connectivity index (χ3n) is 1.68. The molecule has 0 fully saturated rings. The summed E-state index contributed by atoms with van der Waals surface area (Å²) in [4.78, 5) is 12.0. The summed E-state index contributed by atoms with van der Waals surface area (Å²) in [7, 11) is 1.64. The van der Waals surface area contributed by atoms with Gasteiger partial charge in [-0.15, -0.1) is 22.7 Å². The molecule has 0 aromatic carbocycles. The third-order valence-corrected chi connectivity index (χ3v) is 4.98. The normalized spacial score (nSPS) is 10.6. The molecule has 2 aromatic rings. The van der Waals surface area contributed by atoms with Crippen molar-refractivity contribution in [1.29, 1.82) is 0 Å². The third kappa shape index (κ3) is 1.51. The zero-order valence-electron chi connectivity index (χ0n) is 6.76. The van der Waals surface area contributed by atoms with Gasteiger partial charge >= 0.3 is 0 Å². The molecule has 0 spiro atoms. The van der Waals surface area contributed by atoms with Crippen molar-refractivity contribution in [2.24, 2.45) is 0 Å². The summed E-state index contributed by atoms with van der Waals surface area (Å²) in [5, 5.41) is 5.79. The van der Waals surface area contributed by atoms with Crippen molar-refractivity contribution in [3.05, 3.63) is 20.1 Å². The van der Waals surface area contributed by atoms with E-state index < -0.39 is 0 Å². The average Bonchev–Trinajstić information content (AvgIpc) is 2.67. The molecule has 1 N–H and O–H groups in total. The number of thiophene rings is 2. The minimum atomic E-state index is -0.0156. The maximum absolute atomic E-state index is 11.3. The Kier molecular flexibility index (Phi) is 2.40. The van der Waals surface area contributed by atoms with Crippen LogP contribution in [0.3, 0.4) is 0 Å². The molecule has 0 aliphatic heterocycles. The molecule has 0 atom stereocenters. The van der Waals surface area contributed by atoms with Crippen LogP contribution in [-0.4, -0.2) is 13.0 Å². The molecule has 0 saturated carbocycles. The molecule has 0 aliphatic carbocycles. The van der Waals surface area contributed by atoms with Crippen LogP contribution in [0.2, 0.25) is 0 Å². The van der Waals surface area contributed by atoms with E-state index in [9.17, 15) is 4.79 Å². The number of carbonyl (C=O) groups is 1. The van der Waals surface area contributed by atoms with Crippen molar-refractivity contribution in [3.63, 3.8) is 0 Å². The lowest BCUT2D eigenvalue weighted by Gasteiger charge is -1.91. The second kappa shape index (κ2) is 3.40. The van der Waals surface area contributed by atoms with E-state index in [1.807, 2.05) is 11.4 Å². The number of carbonyl (C=O) groups excluding carboxylic acids is 1. The van der Waals surface area contributed by atoms with Crippen LogP contribution in [0.25, 0.3) is 10.1 Å². The molecule has 2 heterocycles. The predicted molar refractivity (Wildman–Crippen MR) is 60.8 cm³/mol. The number of nitrogens with one attached hydrogen (secondary N) is 1. The van der Waals surface area contributed by atoms with E-state index >= 15 is 0 Å². The van der Waals surface area contributed by atoms with Crippen LogP contribution in [-0.2, 0) is 0 Å². The van der Waals surface area contributed by atoms with Gasteiger partial charge in [0.05, 0.1) is 13.4 Å². The van der Waals surface area contributed by atoms with Gasteiger partial charge in [0, 0.05) is 17.8 Å². The van der Waals surface area contributed by atoms with E-state index in [0.29, 0.717) is 0 Å². The van der Waals surface area contributed by atoms with Gasteiger partial charge < -0.3 is 5.32 Å².